The molecule has 82 valence electrons. The third kappa shape index (κ3) is 1.65. The van der Waals surface area contributed by atoms with Gasteiger partial charge in [-0.25, -0.2) is 4.68 Å². The fourth-order valence-corrected chi connectivity index (χ4v) is 1.91. The van der Waals surface area contributed by atoms with Crippen molar-refractivity contribution in [2.45, 2.75) is 12.5 Å². The number of likely N-dealkylation sites (tertiary alicyclic amines) is 1. The minimum atomic E-state index is -0.502. The van der Waals surface area contributed by atoms with Crippen molar-refractivity contribution < 1.29 is 4.92 Å². The van der Waals surface area contributed by atoms with Crippen molar-refractivity contribution in [2.75, 3.05) is 25.9 Å². The van der Waals surface area contributed by atoms with Gasteiger partial charge in [0.15, 0.2) is 0 Å². The number of rotatable bonds is 2. The summed E-state index contributed by atoms with van der Waals surface area (Å²) in [6.07, 6.45) is 2.15. The lowest BCUT2D eigenvalue weighted by Crippen LogP contribution is -2.18. The zero-order chi connectivity index (χ0) is 11.0. The Labute approximate surface area is 86.6 Å². The summed E-state index contributed by atoms with van der Waals surface area (Å²) in [4.78, 5) is 12.2. The second-order valence-corrected chi connectivity index (χ2v) is 3.82. The van der Waals surface area contributed by atoms with Crippen LogP contribution >= 0.6 is 0 Å². The molecule has 2 N–H and O–H groups in total. The van der Waals surface area contributed by atoms with Crippen LogP contribution in [0.5, 0.6) is 0 Å². The van der Waals surface area contributed by atoms with E-state index in [-0.39, 0.29) is 17.5 Å². The van der Waals surface area contributed by atoms with Gasteiger partial charge in [-0.15, -0.1) is 0 Å². The van der Waals surface area contributed by atoms with Gasteiger partial charge in [-0.05, 0) is 13.5 Å². The van der Waals surface area contributed by atoms with Crippen LogP contribution in [-0.2, 0) is 0 Å². The second-order valence-electron chi connectivity index (χ2n) is 3.82. The highest BCUT2D eigenvalue weighted by Crippen LogP contribution is 2.27. The smallest absolute Gasteiger partial charge is 0.330 e. The highest BCUT2D eigenvalue weighted by Gasteiger charge is 2.27. The van der Waals surface area contributed by atoms with E-state index in [0.717, 1.165) is 19.5 Å². The van der Waals surface area contributed by atoms with Crippen molar-refractivity contribution in [2.24, 2.45) is 0 Å². The van der Waals surface area contributed by atoms with E-state index in [2.05, 4.69) is 10.00 Å². The molecule has 0 spiro atoms. The van der Waals surface area contributed by atoms with Crippen LogP contribution in [-0.4, -0.2) is 39.7 Å². The largest absolute Gasteiger partial charge is 0.378 e. The molecule has 1 aromatic heterocycles. The average molecular weight is 211 g/mol. The van der Waals surface area contributed by atoms with E-state index in [9.17, 15) is 10.1 Å². The van der Waals surface area contributed by atoms with Crippen LogP contribution in [0.1, 0.15) is 12.5 Å². The number of nitro groups is 1. The summed E-state index contributed by atoms with van der Waals surface area (Å²) in [6, 6.07) is 0.156. The highest BCUT2D eigenvalue weighted by molar-refractivity contribution is 5.51. The van der Waals surface area contributed by atoms with Gasteiger partial charge in [-0.3, -0.25) is 10.1 Å². The molecule has 1 fully saturated rings. The summed E-state index contributed by atoms with van der Waals surface area (Å²) in [7, 11) is 2.01. The number of hydrogen-bond acceptors (Lipinski definition) is 5. The molecule has 2 rings (SSSR count). The van der Waals surface area contributed by atoms with Crippen LogP contribution in [0.15, 0.2) is 6.20 Å². The van der Waals surface area contributed by atoms with Crippen molar-refractivity contribution in [3.63, 3.8) is 0 Å². The maximum Gasteiger partial charge on any atom is 0.330 e. The lowest BCUT2D eigenvalue weighted by molar-refractivity contribution is -0.384. The molecule has 1 aliphatic heterocycles. The van der Waals surface area contributed by atoms with Crippen molar-refractivity contribution >= 4 is 11.5 Å². The van der Waals surface area contributed by atoms with Gasteiger partial charge in [0.2, 0.25) is 5.82 Å². The Morgan fingerprint density at radius 2 is 2.47 bits per heavy atom. The first-order valence-corrected chi connectivity index (χ1v) is 4.75. The Morgan fingerprint density at radius 3 is 2.93 bits per heavy atom. The number of hydrogen-bond donors (Lipinski definition) is 1. The van der Waals surface area contributed by atoms with Crippen molar-refractivity contribution in [1.82, 2.24) is 14.7 Å². The Bertz CT molecular complexity index is 388. The molecule has 1 saturated heterocycles. The first-order chi connectivity index (χ1) is 7.09. The second kappa shape index (κ2) is 3.50. The van der Waals surface area contributed by atoms with Gasteiger partial charge in [-0.2, -0.15) is 5.10 Å². The molecule has 1 aliphatic rings. The minimum Gasteiger partial charge on any atom is -0.378 e. The summed E-state index contributed by atoms with van der Waals surface area (Å²) in [5, 5.41) is 14.6. The molecule has 2 heterocycles. The van der Waals surface area contributed by atoms with Crippen molar-refractivity contribution in [1.29, 1.82) is 0 Å². The predicted molar refractivity (Wildman–Crippen MR) is 54.4 cm³/mol. The molecule has 0 aromatic carbocycles. The maximum atomic E-state index is 10.6. The zero-order valence-corrected chi connectivity index (χ0v) is 8.46. The van der Waals surface area contributed by atoms with Crippen molar-refractivity contribution in [3.8, 4) is 0 Å². The fraction of sp³-hybridized carbons (Fsp3) is 0.625. The lowest BCUT2D eigenvalue weighted by atomic mass is 10.3. The molecule has 0 saturated carbocycles. The average Bonchev–Trinajstić information content (AvgIpc) is 2.71. The summed E-state index contributed by atoms with van der Waals surface area (Å²) >= 11 is 0. The van der Waals surface area contributed by atoms with Gasteiger partial charge in [-0.1, -0.05) is 0 Å². The van der Waals surface area contributed by atoms with Gasteiger partial charge in [0, 0.05) is 13.1 Å². The quantitative estimate of drug-likeness (QED) is 0.559. The number of nitrogens with zero attached hydrogens (tertiary/aromatic N) is 4. The maximum absolute atomic E-state index is 10.6. The van der Waals surface area contributed by atoms with Crippen LogP contribution in [0.3, 0.4) is 0 Å². The Morgan fingerprint density at radius 1 is 1.73 bits per heavy atom. The minimum absolute atomic E-state index is 0.107. The Hall–Kier alpha value is -1.63. The number of anilines is 1. The molecular weight excluding hydrogens is 198 g/mol. The van der Waals surface area contributed by atoms with Crippen LogP contribution < -0.4 is 5.73 Å². The van der Waals surface area contributed by atoms with E-state index in [0.29, 0.717) is 0 Å². The number of nitrogens with two attached hydrogens (primary N) is 1. The Balaban J connectivity index is 2.26. The third-order valence-electron chi connectivity index (χ3n) is 2.72. The summed E-state index contributed by atoms with van der Waals surface area (Å²) in [5.74, 6) is 0.153. The molecule has 15 heavy (non-hydrogen) atoms. The SMILES string of the molecule is CN1CCC(n2ncc([N+](=O)[O-])c2N)C1. The van der Waals surface area contributed by atoms with Gasteiger partial charge < -0.3 is 10.6 Å². The summed E-state index contributed by atoms with van der Waals surface area (Å²) in [6.45, 7) is 1.81. The topological polar surface area (TPSA) is 90.2 Å². The normalized spacial score (nSPS) is 22.1. The zero-order valence-electron chi connectivity index (χ0n) is 8.46. The van der Waals surface area contributed by atoms with E-state index in [1.54, 1.807) is 4.68 Å². The van der Waals surface area contributed by atoms with Gasteiger partial charge >= 0.3 is 5.69 Å². The molecule has 1 aromatic rings. The Kier molecular flexibility index (Phi) is 2.31. The standard InChI is InChI=1S/C8H13N5O2/c1-11-3-2-6(5-11)12-8(9)7(4-10-12)13(14)15/h4,6H,2-3,5,9H2,1H3. The molecule has 7 nitrogen and oxygen atoms in total. The molecule has 1 unspecified atom stereocenters. The van der Waals surface area contributed by atoms with E-state index in [1.165, 1.54) is 6.20 Å². The monoisotopic (exact) mass is 211 g/mol. The van der Waals surface area contributed by atoms with Crippen LogP contribution in [0.4, 0.5) is 11.5 Å². The molecular formula is C8H13N5O2. The number of likely N-dealkylation sites (N-methyl/N-ethyl adjacent to an activating group) is 1. The number of nitrogen functional groups attached to an aromatic ring is 1. The van der Waals surface area contributed by atoms with E-state index >= 15 is 0 Å². The molecule has 7 heteroatoms. The summed E-state index contributed by atoms with van der Waals surface area (Å²) in [5.41, 5.74) is 5.56. The van der Waals surface area contributed by atoms with E-state index < -0.39 is 4.92 Å². The van der Waals surface area contributed by atoms with Gasteiger partial charge in [0.1, 0.15) is 6.20 Å². The first-order valence-electron chi connectivity index (χ1n) is 4.75. The van der Waals surface area contributed by atoms with Crippen molar-refractivity contribution in [3.05, 3.63) is 16.3 Å². The summed E-state index contributed by atoms with van der Waals surface area (Å²) < 4.78 is 1.56. The lowest BCUT2D eigenvalue weighted by Gasteiger charge is -2.11. The van der Waals surface area contributed by atoms with Crippen LogP contribution in [0.25, 0.3) is 0 Å². The van der Waals surface area contributed by atoms with Gasteiger partial charge in [0.05, 0.1) is 11.0 Å². The first kappa shape index (κ1) is 9.91. The van der Waals surface area contributed by atoms with Gasteiger partial charge in [0.25, 0.3) is 0 Å². The van der Waals surface area contributed by atoms with Crippen LogP contribution in [0.2, 0.25) is 0 Å². The molecule has 0 aliphatic carbocycles. The molecule has 0 amide bonds. The van der Waals surface area contributed by atoms with E-state index in [1.807, 2.05) is 7.05 Å². The fourth-order valence-electron chi connectivity index (χ4n) is 1.91. The number of aromatic nitrogens is 2. The molecule has 1 atom stereocenters. The molecule has 0 bridgehead atoms. The highest BCUT2D eigenvalue weighted by atomic mass is 16.6. The molecule has 0 radical (unpaired) electrons. The third-order valence-corrected chi connectivity index (χ3v) is 2.72. The van der Waals surface area contributed by atoms with Crippen LogP contribution in [0, 0.1) is 10.1 Å². The predicted octanol–water partition coefficient (Wildman–Crippen LogP) is 0.250. The van der Waals surface area contributed by atoms with E-state index in [4.69, 9.17) is 5.73 Å².